The molecule has 5 nitrogen and oxygen atoms in total. The molecule has 1 aromatic heterocycles. The van der Waals surface area contributed by atoms with Gasteiger partial charge in [0.25, 0.3) is 0 Å². The van der Waals surface area contributed by atoms with Gasteiger partial charge >= 0.3 is 0 Å². The molecule has 0 unspecified atom stereocenters. The van der Waals surface area contributed by atoms with Crippen LogP contribution >= 0.6 is 0 Å². The Morgan fingerprint density at radius 2 is 1.92 bits per heavy atom. The molecule has 1 aromatic carbocycles. The van der Waals surface area contributed by atoms with Gasteiger partial charge in [0.1, 0.15) is 0 Å². The summed E-state index contributed by atoms with van der Waals surface area (Å²) < 4.78 is 1.60. The molecular formula is C20H25N3O2. The summed E-state index contributed by atoms with van der Waals surface area (Å²) in [5.74, 6) is 0.427. The highest BCUT2D eigenvalue weighted by Crippen LogP contribution is 2.32. The topological polar surface area (TPSA) is 55.2 Å². The highest BCUT2D eigenvalue weighted by molar-refractivity contribution is 5.97. The van der Waals surface area contributed by atoms with E-state index in [1.165, 1.54) is 11.1 Å². The molecular weight excluding hydrogens is 314 g/mol. The maximum absolute atomic E-state index is 12.6. The smallest absolute Gasteiger partial charge is 0.223 e. The normalized spacial score (nSPS) is 20.0. The quantitative estimate of drug-likeness (QED) is 0.787. The lowest BCUT2D eigenvalue weighted by molar-refractivity contribution is -0.131. The zero-order valence-electron chi connectivity index (χ0n) is 15.1. The van der Waals surface area contributed by atoms with Crippen LogP contribution in [0.5, 0.6) is 0 Å². The van der Waals surface area contributed by atoms with Crippen LogP contribution in [0.1, 0.15) is 53.6 Å². The van der Waals surface area contributed by atoms with Gasteiger partial charge in [0.15, 0.2) is 5.78 Å². The number of Topliss-reactive ketones (excluding diaryl/α,β-unsaturated/α-hetero) is 1. The van der Waals surface area contributed by atoms with Crippen molar-refractivity contribution < 1.29 is 9.59 Å². The Kier molecular flexibility index (Phi) is 5.02. The summed E-state index contributed by atoms with van der Waals surface area (Å²) in [5, 5.41) is 4.00. The average molecular weight is 339 g/mol. The maximum atomic E-state index is 12.6. The third kappa shape index (κ3) is 3.98. The number of carbonyl (C=O) groups is 2. The molecule has 2 heterocycles. The van der Waals surface area contributed by atoms with Gasteiger partial charge in [-0.05, 0) is 25.8 Å². The van der Waals surface area contributed by atoms with E-state index in [-0.39, 0.29) is 30.6 Å². The van der Waals surface area contributed by atoms with Crippen LogP contribution in [0.15, 0.2) is 36.7 Å². The molecule has 0 N–H and O–H groups in total. The molecule has 25 heavy (non-hydrogen) atoms. The van der Waals surface area contributed by atoms with E-state index in [9.17, 15) is 9.59 Å². The van der Waals surface area contributed by atoms with E-state index in [0.717, 1.165) is 13.0 Å². The van der Waals surface area contributed by atoms with Crippen LogP contribution in [0.4, 0.5) is 0 Å². The first-order chi connectivity index (χ1) is 11.9. The SMILES string of the molecule is Cc1ccc([C@H]2C[C@H](C)N(C(=O)CCC(=O)c3cnn(C)c3)C2)cc1. The van der Waals surface area contributed by atoms with Gasteiger partial charge in [0.2, 0.25) is 5.91 Å². The Balaban J connectivity index is 1.57. The first kappa shape index (κ1) is 17.4. The number of likely N-dealkylation sites (tertiary alicyclic amines) is 1. The fraction of sp³-hybridized carbons (Fsp3) is 0.450. The molecule has 1 amide bonds. The summed E-state index contributed by atoms with van der Waals surface area (Å²) in [5.41, 5.74) is 3.11. The van der Waals surface area contributed by atoms with Crippen molar-refractivity contribution >= 4 is 11.7 Å². The maximum Gasteiger partial charge on any atom is 0.223 e. The van der Waals surface area contributed by atoms with Crippen LogP contribution in [0.3, 0.4) is 0 Å². The summed E-state index contributed by atoms with van der Waals surface area (Å²) in [6, 6.07) is 8.78. The molecule has 0 spiro atoms. The summed E-state index contributed by atoms with van der Waals surface area (Å²) in [6.07, 6.45) is 4.73. The number of rotatable bonds is 5. The van der Waals surface area contributed by atoms with Gasteiger partial charge < -0.3 is 4.90 Å². The van der Waals surface area contributed by atoms with Crippen molar-refractivity contribution in [3.05, 3.63) is 53.3 Å². The number of nitrogens with zero attached hydrogens (tertiary/aromatic N) is 3. The largest absolute Gasteiger partial charge is 0.339 e. The van der Waals surface area contributed by atoms with Crippen LogP contribution in [-0.4, -0.2) is 39.0 Å². The third-order valence-corrected chi connectivity index (χ3v) is 5.04. The summed E-state index contributed by atoms with van der Waals surface area (Å²) >= 11 is 0. The highest BCUT2D eigenvalue weighted by Gasteiger charge is 2.33. The van der Waals surface area contributed by atoms with Crippen LogP contribution in [0, 0.1) is 6.92 Å². The monoisotopic (exact) mass is 339 g/mol. The number of aromatic nitrogens is 2. The number of hydrogen-bond donors (Lipinski definition) is 0. The molecule has 0 bridgehead atoms. The predicted molar refractivity (Wildman–Crippen MR) is 96.5 cm³/mol. The van der Waals surface area contributed by atoms with Gasteiger partial charge in [0.05, 0.1) is 11.8 Å². The number of benzene rings is 1. The van der Waals surface area contributed by atoms with Crippen LogP contribution in [0.25, 0.3) is 0 Å². The number of aryl methyl sites for hydroxylation is 2. The Bertz CT molecular complexity index is 764. The summed E-state index contributed by atoms with van der Waals surface area (Å²) in [6.45, 7) is 4.91. The van der Waals surface area contributed by atoms with Crippen LogP contribution in [-0.2, 0) is 11.8 Å². The van der Waals surface area contributed by atoms with Gasteiger partial charge in [-0.3, -0.25) is 14.3 Å². The fourth-order valence-corrected chi connectivity index (χ4v) is 3.53. The lowest BCUT2D eigenvalue weighted by atomic mass is 9.96. The Labute approximate surface area is 148 Å². The van der Waals surface area contributed by atoms with Gasteiger partial charge in [-0.25, -0.2) is 0 Å². The van der Waals surface area contributed by atoms with Crippen LogP contribution < -0.4 is 0 Å². The van der Waals surface area contributed by atoms with Crippen LogP contribution in [0.2, 0.25) is 0 Å². The van der Waals surface area contributed by atoms with Crippen molar-refractivity contribution in [2.24, 2.45) is 7.05 Å². The van der Waals surface area contributed by atoms with E-state index in [1.807, 2.05) is 4.90 Å². The zero-order valence-corrected chi connectivity index (χ0v) is 15.1. The molecule has 1 aliphatic heterocycles. The van der Waals surface area contributed by atoms with E-state index in [2.05, 4.69) is 43.2 Å². The van der Waals surface area contributed by atoms with Crippen molar-refractivity contribution in [1.82, 2.24) is 14.7 Å². The highest BCUT2D eigenvalue weighted by atomic mass is 16.2. The Morgan fingerprint density at radius 1 is 1.20 bits per heavy atom. The Morgan fingerprint density at radius 3 is 2.56 bits per heavy atom. The molecule has 0 aliphatic carbocycles. The van der Waals surface area contributed by atoms with E-state index in [4.69, 9.17) is 0 Å². The van der Waals surface area contributed by atoms with Gasteiger partial charge in [0, 0.05) is 44.6 Å². The molecule has 1 aliphatic rings. The van der Waals surface area contributed by atoms with Gasteiger partial charge in [-0.1, -0.05) is 29.8 Å². The second-order valence-corrected chi connectivity index (χ2v) is 7.06. The molecule has 2 aromatic rings. The van der Waals surface area contributed by atoms with Gasteiger partial charge in [-0.2, -0.15) is 5.10 Å². The minimum atomic E-state index is -0.0246. The number of ketones is 1. The molecule has 5 heteroatoms. The summed E-state index contributed by atoms with van der Waals surface area (Å²) in [4.78, 5) is 26.7. The molecule has 2 atom stereocenters. The van der Waals surface area contributed by atoms with E-state index < -0.39 is 0 Å². The Hall–Kier alpha value is -2.43. The molecule has 1 saturated heterocycles. The first-order valence-electron chi connectivity index (χ1n) is 8.82. The van der Waals surface area contributed by atoms with E-state index >= 15 is 0 Å². The second kappa shape index (κ2) is 7.21. The first-order valence-corrected chi connectivity index (χ1v) is 8.82. The minimum absolute atomic E-state index is 0.0246. The van der Waals surface area contributed by atoms with E-state index in [0.29, 0.717) is 11.5 Å². The standard InChI is InChI=1S/C20H25N3O2/c1-14-4-6-16(7-5-14)17-10-15(2)23(13-17)20(25)9-8-19(24)18-11-21-22(3)12-18/h4-7,11-12,15,17H,8-10,13H2,1-3H3/t15-,17-/m0/s1. The molecule has 0 radical (unpaired) electrons. The molecule has 132 valence electrons. The van der Waals surface area contributed by atoms with Gasteiger partial charge in [-0.15, -0.1) is 0 Å². The van der Waals surface area contributed by atoms with Crippen molar-refractivity contribution in [2.75, 3.05) is 6.54 Å². The number of hydrogen-bond acceptors (Lipinski definition) is 3. The minimum Gasteiger partial charge on any atom is -0.339 e. The fourth-order valence-electron chi connectivity index (χ4n) is 3.53. The molecule has 0 saturated carbocycles. The second-order valence-electron chi connectivity index (χ2n) is 7.06. The predicted octanol–water partition coefficient (Wildman–Crippen LogP) is 3.10. The van der Waals surface area contributed by atoms with Crippen molar-refractivity contribution in [3.63, 3.8) is 0 Å². The zero-order chi connectivity index (χ0) is 18.0. The lowest BCUT2D eigenvalue weighted by Crippen LogP contribution is -2.34. The van der Waals surface area contributed by atoms with Crippen molar-refractivity contribution in [2.45, 2.75) is 45.1 Å². The average Bonchev–Trinajstić information content (AvgIpc) is 3.19. The number of carbonyl (C=O) groups excluding carboxylic acids is 2. The van der Waals surface area contributed by atoms with Crippen molar-refractivity contribution in [3.8, 4) is 0 Å². The van der Waals surface area contributed by atoms with Crippen molar-refractivity contribution in [1.29, 1.82) is 0 Å². The third-order valence-electron chi connectivity index (χ3n) is 5.04. The molecule has 3 rings (SSSR count). The lowest BCUT2D eigenvalue weighted by Gasteiger charge is -2.21. The molecule has 1 fully saturated rings. The van der Waals surface area contributed by atoms with E-state index in [1.54, 1.807) is 24.1 Å². The summed E-state index contributed by atoms with van der Waals surface area (Å²) in [7, 11) is 1.78. The number of amides is 1.